The molecule has 0 saturated heterocycles. The predicted molar refractivity (Wildman–Crippen MR) is 68.0 cm³/mol. The van der Waals surface area contributed by atoms with Crippen LogP contribution in [0.4, 0.5) is 13.2 Å². The van der Waals surface area contributed by atoms with Crippen molar-refractivity contribution in [3.05, 3.63) is 45.7 Å². The van der Waals surface area contributed by atoms with Gasteiger partial charge in [-0.05, 0) is 25.1 Å². The molecule has 0 unspecified atom stereocenters. The molecule has 0 aliphatic heterocycles. The van der Waals surface area contributed by atoms with E-state index in [-0.39, 0.29) is 15.9 Å². The summed E-state index contributed by atoms with van der Waals surface area (Å²) in [4.78, 5) is 10.9. The van der Waals surface area contributed by atoms with Crippen molar-refractivity contribution in [3.63, 3.8) is 0 Å². The van der Waals surface area contributed by atoms with Gasteiger partial charge in [0.25, 0.3) is 0 Å². The van der Waals surface area contributed by atoms with Gasteiger partial charge in [-0.1, -0.05) is 15.9 Å². The summed E-state index contributed by atoms with van der Waals surface area (Å²) in [7, 11) is 0. The number of carbonyl (C=O) groups is 1. The van der Waals surface area contributed by atoms with E-state index in [0.717, 1.165) is 10.7 Å². The molecule has 1 aromatic carbocycles. The van der Waals surface area contributed by atoms with E-state index in [1.54, 1.807) is 0 Å². The third-order valence-corrected chi connectivity index (χ3v) is 3.31. The Morgan fingerprint density at radius 3 is 2.55 bits per heavy atom. The van der Waals surface area contributed by atoms with Crippen LogP contribution in [0, 0.1) is 6.92 Å². The number of halogens is 4. The number of carboxylic acid groups (broad SMARTS) is 1. The average Bonchev–Trinajstić information content (AvgIpc) is 2.70. The molecule has 1 heterocycles. The van der Waals surface area contributed by atoms with Gasteiger partial charge in [-0.2, -0.15) is 18.3 Å². The van der Waals surface area contributed by atoms with Crippen molar-refractivity contribution >= 4 is 21.9 Å². The average molecular weight is 349 g/mol. The fourth-order valence-corrected chi connectivity index (χ4v) is 2.15. The lowest BCUT2D eigenvalue weighted by Gasteiger charge is -2.11. The van der Waals surface area contributed by atoms with Crippen molar-refractivity contribution in [2.24, 2.45) is 0 Å². The lowest BCUT2D eigenvalue weighted by atomic mass is 10.2. The largest absolute Gasteiger partial charge is 0.476 e. The highest BCUT2D eigenvalue weighted by atomic mass is 79.9. The Labute approximate surface area is 120 Å². The molecule has 8 heteroatoms. The standard InChI is InChI=1S/C12H8BrF3N2O2/c1-6-5-18(17-10(6)11(19)20)7-2-3-9(13)8(4-7)12(14,15)16/h2-5H,1H3,(H,19,20). The second kappa shape index (κ2) is 4.93. The molecule has 0 atom stereocenters. The summed E-state index contributed by atoms with van der Waals surface area (Å²) in [5.41, 5.74) is -0.536. The molecule has 0 spiro atoms. The zero-order valence-corrected chi connectivity index (χ0v) is 11.7. The molecule has 0 radical (unpaired) electrons. The van der Waals surface area contributed by atoms with Gasteiger partial charge in [0.2, 0.25) is 0 Å². The van der Waals surface area contributed by atoms with E-state index in [0.29, 0.717) is 5.56 Å². The van der Waals surface area contributed by atoms with Gasteiger partial charge in [-0.3, -0.25) is 0 Å². The van der Waals surface area contributed by atoms with E-state index in [9.17, 15) is 18.0 Å². The van der Waals surface area contributed by atoms with Gasteiger partial charge in [0.15, 0.2) is 5.69 Å². The Hall–Kier alpha value is -1.83. The number of rotatable bonds is 2. The van der Waals surface area contributed by atoms with Gasteiger partial charge in [0.05, 0.1) is 11.3 Å². The highest BCUT2D eigenvalue weighted by Gasteiger charge is 2.33. The first-order valence-corrected chi connectivity index (χ1v) is 6.16. The molecule has 0 aliphatic carbocycles. The second-order valence-corrected chi connectivity index (χ2v) is 4.93. The lowest BCUT2D eigenvalue weighted by Crippen LogP contribution is -2.08. The number of benzene rings is 1. The molecule has 2 rings (SSSR count). The monoisotopic (exact) mass is 348 g/mol. The van der Waals surface area contributed by atoms with E-state index < -0.39 is 17.7 Å². The van der Waals surface area contributed by atoms with Crippen molar-refractivity contribution in [1.29, 1.82) is 0 Å². The maximum Gasteiger partial charge on any atom is 0.417 e. The Morgan fingerprint density at radius 1 is 1.40 bits per heavy atom. The van der Waals surface area contributed by atoms with Gasteiger partial charge in [-0.15, -0.1) is 0 Å². The highest BCUT2D eigenvalue weighted by molar-refractivity contribution is 9.10. The SMILES string of the molecule is Cc1cn(-c2ccc(Br)c(C(F)(F)F)c2)nc1C(=O)O. The summed E-state index contributed by atoms with van der Waals surface area (Å²) in [6.45, 7) is 1.52. The maximum absolute atomic E-state index is 12.8. The zero-order valence-electron chi connectivity index (χ0n) is 10.1. The summed E-state index contributed by atoms with van der Waals surface area (Å²) in [5, 5.41) is 12.7. The van der Waals surface area contributed by atoms with Crippen LogP contribution in [0.3, 0.4) is 0 Å². The first kappa shape index (κ1) is 14.6. The van der Waals surface area contributed by atoms with Crippen molar-refractivity contribution in [2.75, 3.05) is 0 Å². The summed E-state index contributed by atoms with van der Waals surface area (Å²) in [5.74, 6) is -1.23. The Kier molecular flexibility index (Phi) is 3.59. The first-order chi connectivity index (χ1) is 9.20. The number of carboxylic acids is 1. The van der Waals surface area contributed by atoms with Gasteiger partial charge in [-0.25, -0.2) is 9.48 Å². The Balaban J connectivity index is 2.54. The molecular weight excluding hydrogens is 341 g/mol. The molecule has 0 saturated carbocycles. The van der Waals surface area contributed by atoms with Crippen molar-refractivity contribution < 1.29 is 23.1 Å². The van der Waals surface area contributed by atoms with Crippen LogP contribution in [0.15, 0.2) is 28.9 Å². The molecule has 20 heavy (non-hydrogen) atoms. The predicted octanol–water partition coefficient (Wildman–Crippen LogP) is 3.66. The number of aromatic nitrogens is 2. The van der Waals surface area contributed by atoms with Gasteiger partial charge in [0, 0.05) is 16.2 Å². The van der Waals surface area contributed by atoms with Crippen molar-refractivity contribution in [2.45, 2.75) is 13.1 Å². The molecule has 0 fully saturated rings. The van der Waals surface area contributed by atoms with E-state index in [1.807, 2.05) is 0 Å². The fourth-order valence-electron chi connectivity index (χ4n) is 1.68. The maximum atomic E-state index is 12.8. The fraction of sp³-hybridized carbons (Fsp3) is 0.167. The number of nitrogens with zero attached hydrogens (tertiary/aromatic N) is 2. The first-order valence-electron chi connectivity index (χ1n) is 5.37. The van der Waals surface area contributed by atoms with E-state index >= 15 is 0 Å². The van der Waals surface area contributed by atoms with Crippen LogP contribution >= 0.6 is 15.9 Å². The molecule has 4 nitrogen and oxygen atoms in total. The van der Waals surface area contributed by atoms with E-state index in [4.69, 9.17) is 5.11 Å². The third kappa shape index (κ3) is 2.69. The summed E-state index contributed by atoms with van der Waals surface area (Å²) in [6, 6.07) is 3.56. The molecule has 1 aromatic heterocycles. The van der Waals surface area contributed by atoms with Crippen molar-refractivity contribution in [3.8, 4) is 5.69 Å². The van der Waals surface area contributed by atoms with Crippen LogP contribution in [0.25, 0.3) is 5.69 Å². The zero-order chi connectivity index (χ0) is 15.1. The number of aryl methyl sites for hydroxylation is 1. The molecule has 1 N–H and O–H groups in total. The van der Waals surface area contributed by atoms with Crippen molar-refractivity contribution in [1.82, 2.24) is 9.78 Å². The van der Waals surface area contributed by atoms with Crippen LogP contribution in [-0.4, -0.2) is 20.9 Å². The minimum atomic E-state index is -4.51. The van der Waals surface area contributed by atoms with Crippen LogP contribution in [0.1, 0.15) is 21.6 Å². The summed E-state index contributed by atoms with van der Waals surface area (Å²) >= 11 is 2.84. The smallest absolute Gasteiger partial charge is 0.417 e. The molecule has 0 bridgehead atoms. The number of alkyl halides is 3. The topological polar surface area (TPSA) is 55.1 Å². The Bertz CT molecular complexity index is 680. The van der Waals surface area contributed by atoms with Gasteiger partial charge < -0.3 is 5.11 Å². The normalized spacial score (nSPS) is 11.7. The summed E-state index contributed by atoms with van der Waals surface area (Å²) < 4.78 is 39.4. The van der Waals surface area contributed by atoms with Crippen LogP contribution < -0.4 is 0 Å². The molecule has 0 aliphatic rings. The van der Waals surface area contributed by atoms with Crippen LogP contribution in [0.2, 0.25) is 0 Å². The molecule has 106 valence electrons. The number of hydrogen-bond acceptors (Lipinski definition) is 2. The van der Waals surface area contributed by atoms with Crippen LogP contribution in [-0.2, 0) is 6.18 Å². The van der Waals surface area contributed by atoms with E-state index in [1.165, 1.54) is 25.3 Å². The van der Waals surface area contributed by atoms with E-state index in [2.05, 4.69) is 21.0 Å². The van der Waals surface area contributed by atoms with Crippen LogP contribution in [0.5, 0.6) is 0 Å². The second-order valence-electron chi connectivity index (χ2n) is 4.07. The Morgan fingerprint density at radius 2 is 2.05 bits per heavy atom. The molecule has 0 amide bonds. The molecular formula is C12H8BrF3N2O2. The summed E-state index contributed by atoms with van der Waals surface area (Å²) in [6.07, 6.45) is -3.14. The highest BCUT2D eigenvalue weighted by Crippen LogP contribution is 2.35. The van der Waals surface area contributed by atoms with Gasteiger partial charge >= 0.3 is 12.1 Å². The lowest BCUT2D eigenvalue weighted by molar-refractivity contribution is -0.138. The van der Waals surface area contributed by atoms with Gasteiger partial charge in [0.1, 0.15) is 0 Å². The quantitative estimate of drug-likeness (QED) is 0.900. The number of aromatic carboxylic acids is 1. The minimum absolute atomic E-state index is 0.0870. The number of hydrogen-bond donors (Lipinski definition) is 1. The molecule has 2 aromatic rings. The third-order valence-electron chi connectivity index (χ3n) is 2.62. The minimum Gasteiger partial charge on any atom is -0.476 e.